The minimum absolute atomic E-state index is 0.0398. The van der Waals surface area contributed by atoms with Crippen molar-refractivity contribution in [3.63, 3.8) is 0 Å². The maximum atomic E-state index is 11.9. The van der Waals surface area contributed by atoms with E-state index in [1.807, 2.05) is 14.1 Å². The van der Waals surface area contributed by atoms with Crippen molar-refractivity contribution in [2.75, 3.05) is 33.0 Å². The molecule has 0 aromatic heterocycles. The van der Waals surface area contributed by atoms with E-state index >= 15 is 0 Å². The number of likely N-dealkylation sites (N-methyl/N-ethyl adjacent to an activating group) is 1. The van der Waals surface area contributed by atoms with E-state index in [0.29, 0.717) is 12.2 Å². The van der Waals surface area contributed by atoms with Crippen LogP contribution in [0.25, 0.3) is 0 Å². The molecule has 140 valence electrons. The lowest BCUT2D eigenvalue weighted by Gasteiger charge is -2.43. The standard InChI is InChI=1S/C16H26N4O4S/c1-17-25(23,24)13-7-8-14(15(11-13)20(21)22)18-12-16(19(2)3)9-5-4-6-10-16/h7-8,11,17-18H,4-6,9-10,12H2,1-3H3. The lowest BCUT2D eigenvalue weighted by Crippen LogP contribution is -2.51. The molecule has 2 rings (SSSR count). The molecule has 1 aromatic rings. The van der Waals surface area contributed by atoms with Gasteiger partial charge in [-0.25, -0.2) is 13.1 Å². The van der Waals surface area contributed by atoms with Crippen molar-refractivity contribution in [1.29, 1.82) is 0 Å². The number of nitro groups is 1. The monoisotopic (exact) mass is 370 g/mol. The number of hydrogen-bond acceptors (Lipinski definition) is 6. The van der Waals surface area contributed by atoms with Gasteiger partial charge in [0.15, 0.2) is 0 Å². The highest BCUT2D eigenvalue weighted by Gasteiger charge is 2.34. The summed E-state index contributed by atoms with van der Waals surface area (Å²) in [6.45, 7) is 0.582. The highest BCUT2D eigenvalue weighted by Crippen LogP contribution is 2.34. The molecule has 0 spiro atoms. The molecule has 8 nitrogen and oxygen atoms in total. The first-order chi connectivity index (χ1) is 11.7. The summed E-state index contributed by atoms with van der Waals surface area (Å²) in [6, 6.07) is 3.94. The Morgan fingerprint density at radius 3 is 2.40 bits per heavy atom. The van der Waals surface area contributed by atoms with E-state index in [1.54, 1.807) is 0 Å². The van der Waals surface area contributed by atoms with Gasteiger partial charge in [-0.1, -0.05) is 19.3 Å². The van der Waals surface area contributed by atoms with Crippen LogP contribution in [0.4, 0.5) is 11.4 Å². The third kappa shape index (κ3) is 4.28. The fraction of sp³-hybridized carbons (Fsp3) is 0.625. The summed E-state index contributed by atoms with van der Waals surface area (Å²) in [5.41, 5.74) is 0.0647. The quantitative estimate of drug-likeness (QED) is 0.563. The van der Waals surface area contributed by atoms with Crippen LogP contribution in [0.2, 0.25) is 0 Å². The Kier molecular flexibility index (Phi) is 6.02. The van der Waals surface area contributed by atoms with Crippen LogP contribution < -0.4 is 10.0 Å². The predicted molar refractivity (Wildman–Crippen MR) is 97.3 cm³/mol. The first-order valence-corrected chi connectivity index (χ1v) is 9.83. The minimum Gasteiger partial charge on any atom is -0.378 e. The topological polar surface area (TPSA) is 105 Å². The number of anilines is 1. The SMILES string of the molecule is CNS(=O)(=O)c1ccc(NCC2(N(C)C)CCCCC2)c([N+](=O)[O-])c1. The molecule has 25 heavy (non-hydrogen) atoms. The highest BCUT2D eigenvalue weighted by molar-refractivity contribution is 7.89. The van der Waals surface area contributed by atoms with Crippen LogP contribution >= 0.6 is 0 Å². The van der Waals surface area contributed by atoms with Crippen LogP contribution in [0.1, 0.15) is 32.1 Å². The average molecular weight is 370 g/mol. The van der Waals surface area contributed by atoms with Gasteiger partial charge in [-0.3, -0.25) is 10.1 Å². The normalized spacial score (nSPS) is 17.4. The van der Waals surface area contributed by atoms with E-state index in [9.17, 15) is 18.5 Å². The Bertz CT molecular complexity index is 728. The summed E-state index contributed by atoms with van der Waals surface area (Å²) in [5.74, 6) is 0. The van der Waals surface area contributed by atoms with Crippen LogP contribution in [0.5, 0.6) is 0 Å². The Labute approximate surface area is 148 Å². The molecule has 0 unspecified atom stereocenters. The summed E-state index contributed by atoms with van der Waals surface area (Å²) in [7, 11) is 1.62. The number of nitro benzene ring substituents is 1. The number of nitrogens with zero attached hydrogens (tertiary/aromatic N) is 2. The maximum Gasteiger partial charge on any atom is 0.293 e. The first-order valence-electron chi connectivity index (χ1n) is 8.35. The second-order valence-electron chi connectivity index (χ2n) is 6.68. The van der Waals surface area contributed by atoms with Gasteiger partial charge in [-0.15, -0.1) is 0 Å². The third-order valence-corrected chi connectivity index (χ3v) is 6.50. The van der Waals surface area contributed by atoms with Crippen LogP contribution in [0, 0.1) is 10.1 Å². The predicted octanol–water partition coefficient (Wildman–Crippen LogP) is 2.18. The van der Waals surface area contributed by atoms with Crippen LogP contribution in [0.3, 0.4) is 0 Å². The molecule has 0 bridgehead atoms. The van der Waals surface area contributed by atoms with Gasteiger partial charge in [0.05, 0.1) is 9.82 Å². The Morgan fingerprint density at radius 2 is 1.88 bits per heavy atom. The average Bonchev–Trinajstić information content (AvgIpc) is 2.60. The molecule has 0 aliphatic heterocycles. The molecule has 1 fully saturated rings. The van der Waals surface area contributed by atoms with Gasteiger partial charge in [0.25, 0.3) is 5.69 Å². The van der Waals surface area contributed by atoms with E-state index in [1.165, 1.54) is 25.6 Å². The zero-order valence-corrected chi connectivity index (χ0v) is 15.7. The van der Waals surface area contributed by atoms with Crippen molar-refractivity contribution in [3.05, 3.63) is 28.3 Å². The van der Waals surface area contributed by atoms with Crippen molar-refractivity contribution in [1.82, 2.24) is 9.62 Å². The van der Waals surface area contributed by atoms with Gasteiger partial charge in [-0.2, -0.15) is 0 Å². The molecular weight excluding hydrogens is 344 g/mol. The van der Waals surface area contributed by atoms with Crippen molar-refractivity contribution in [2.24, 2.45) is 0 Å². The van der Waals surface area contributed by atoms with E-state index in [2.05, 4.69) is 14.9 Å². The largest absolute Gasteiger partial charge is 0.378 e. The molecule has 0 radical (unpaired) electrons. The molecule has 0 heterocycles. The smallest absolute Gasteiger partial charge is 0.293 e. The third-order valence-electron chi connectivity index (χ3n) is 5.09. The highest BCUT2D eigenvalue weighted by atomic mass is 32.2. The molecule has 1 aliphatic carbocycles. The van der Waals surface area contributed by atoms with Crippen LogP contribution in [-0.2, 0) is 10.0 Å². The fourth-order valence-corrected chi connectivity index (χ4v) is 4.10. The van der Waals surface area contributed by atoms with Gasteiger partial charge < -0.3 is 10.2 Å². The second kappa shape index (κ2) is 7.67. The van der Waals surface area contributed by atoms with Crippen LogP contribution in [0.15, 0.2) is 23.1 Å². The number of sulfonamides is 1. The van der Waals surface area contributed by atoms with E-state index in [-0.39, 0.29) is 16.1 Å². The van der Waals surface area contributed by atoms with Crippen molar-refractivity contribution in [3.8, 4) is 0 Å². The molecule has 1 saturated carbocycles. The Balaban J connectivity index is 2.28. The summed E-state index contributed by atoms with van der Waals surface area (Å²) in [5, 5.41) is 14.6. The number of benzene rings is 1. The van der Waals surface area contributed by atoms with Crippen molar-refractivity contribution < 1.29 is 13.3 Å². The molecule has 0 saturated heterocycles. The fourth-order valence-electron chi connectivity index (χ4n) is 3.35. The molecule has 1 aliphatic rings. The number of rotatable bonds is 7. The zero-order valence-electron chi connectivity index (χ0n) is 14.9. The second-order valence-corrected chi connectivity index (χ2v) is 8.56. The first kappa shape index (κ1) is 19.6. The summed E-state index contributed by atoms with van der Waals surface area (Å²) >= 11 is 0. The van der Waals surface area contributed by atoms with Gasteiger partial charge in [0.2, 0.25) is 10.0 Å². The molecule has 1 aromatic carbocycles. The number of nitrogens with one attached hydrogen (secondary N) is 2. The molecule has 0 atom stereocenters. The Hall–Kier alpha value is -1.71. The van der Waals surface area contributed by atoms with Gasteiger partial charge in [-0.05, 0) is 46.1 Å². The molecule has 9 heteroatoms. The van der Waals surface area contributed by atoms with Gasteiger partial charge >= 0.3 is 0 Å². The van der Waals surface area contributed by atoms with E-state index in [4.69, 9.17) is 0 Å². The summed E-state index contributed by atoms with van der Waals surface area (Å²) < 4.78 is 25.9. The molecule has 0 amide bonds. The lowest BCUT2D eigenvalue weighted by molar-refractivity contribution is -0.384. The summed E-state index contributed by atoms with van der Waals surface area (Å²) in [4.78, 5) is 12.9. The van der Waals surface area contributed by atoms with Gasteiger partial charge in [0, 0.05) is 18.2 Å². The number of hydrogen-bond donors (Lipinski definition) is 2. The Morgan fingerprint density at radius 1 is 1.24 bits per heavy atom. The minimum atomic E-state index is -3.72. The van der Waals surface area contributed by atoms with Gasteiger partial charge in [0.1, 0.15) is 5.69 Å². The molecule has 2 N–H and O–H groups in total. The summed E-state index contributed by atoms with van der Waals surface area (Å²) in [6.07, 6.45) is 5.56. The lowest BCUT2D eigenvalue weighted by atomic mass is 9.80. The van der Waals surface area contributed by atoms with Crippen molar-refractivity contribution >= 4 is 21.4 Å². The van der Waals surface area contributed by atoms with Crippen molar-refractivity contribution in [2.45, 2.75) is 42.5 Å². The molecular formula is C16H26N4O4S. The van der Waals surface area contributed by atoms with E-state index in [0.717, 1.165) is 31.7 Å². The van der Waals surface area contributed by atoms with E-state index < -0.39 is 14.9 Å². The maximum absolute atomic E-state index is 11.9. The zero-order chi connectivity index (χ0) is 18.7. The van der Waals surface area contributed by atoms with Crippen LogP contribution in [-0.4, -0.2) is 51.5 Å².